The molecule has 1 aromatic carbocycles. The molecule has 2 N–H and O–H groups in total. The van der Waals surface area contributed by atoms with Gasteiger partial charge in [-0.25, -0.2) is 4.79 Å². The number of benzene rings is 1. The second-order valence-corrected chi connectivity index (χ2v) is 2.89. The van der Waals surface area contributed by atoms with Crippen LogP contribution in [-0.2, 0) is 11.3 Å². The molecule has 0 aliphatic carbocycles. The van der Waals surface area contributed by atoms with Crippen LogP contribution in [0.15, 0.2) is 24.3 Å². The van der Waals surface area contributed by atoms with E-state index in [4.69, 9.17) is 0 Å². The van der Waals surface area contributed by atoms with E-state index in [0.717, 1.165) is 0 Å². The zero-order valence-electron chi connectivity index (χ0n) is 7.54. The van der Waals surface area contributed by atoms with Gasteiger partial charge < -0.3 is 4.84 Å². The van der Waals surface area contributed by atoms with Gasteiger partial charge in [0, 0.05) is 0 Å². The molecule has 1 rings (SSSR count). The van der Waals surface area contributed by atoms with Gasteiger partial charge in [0.15, 0.2) is 0 Å². The molecule has 82 valence electrons. The minimum atomic E-state index is -4.25. The van der Waals surface area contributed by atoms with Crippen LogP contribution in [0.25, 0.3) is 0 Å². The lowest BCUT2D eigenvalue weighted by molar-refractivity contribution is -0.127. The van der Waals surface area contributed by atoms with Gasteiger partial charge in [-0.3, -0.25) is 0 Å². The summed E-state index contributed by atoms with van der Waals surface area (Å²) in [5.74, 6) is 3.83. The molecule has 0 saturated heterocycles. The molecule has 0 fully saturated rings. The molecular weight excluding hydrogens is 211 g/mol. The molecule has 0 amide bonds. The normalized spacial score (nSPS) is 11.2. The number of hydrogen-bond acceptors (Lipinski definition) is 3. The van der Waals surface area contributed by atoms with Gasteiger partial charge in [-0.15, -0.1) is 0 Å². The summed E-state index contributed by atoms with van der Waals surface area (Å²) in [6.45, 7) is 0. The van der Waals surface area contributed by atoms with E-state index < -0.39 is 18.6 Å². The number of carbonyl (C=O) groups is 1. The fourth-order valence-electron chi connectivity index (χ4n) is 1.06. The van der Waals surface area contributed by atoms with Crippen molar-refractivity contribution in [3.8, 4) is 0 Å². The van der Waals surface area contributed by atoms with Crippen molar-refractivity contribution >= 4 is 5.97 Å². The molecule has 0 unspecified atom stereocenters. The molecule has 0 bridgehead atoms. The zero-order valence-corrected chi connectivity index (χ0v) is 7.54. The van der Waals surface area contributed by atoms with Crippen molar-refractivity contribution in [1.82, 2.24) is 0 Å². The van der Waals surface area contributed by atoms with Crippen LogP contribution in [-0.4, -0.2) is 12.1 Å². The number of halogens is 3. The van der Waals surface area contributed by atoms with Gasteiger partial charge >= 0.3 is 12.1 Å². The van der Waals surface area contributed by atoms with E-state index in [1.54, 1.807) is 0 Å². The second-order valence-electron chi connectivity index (χ2n) is 2.89. The maximum absolute atomic E-state index is 12.0. The van der Waals surface area contributed by atoms with Gasteiger partial charge in [-0.2, -0.15) is 19.1 Å². The van der Waals surface area contributed by atoms with Crippen LogP contribution >= 0.6 is 0 Å². The Morgan fingerprint density at radius 2 is 1.80 bits per heavy atom. The van der Waals surface area contributed by atoms with E-state index in [9.17, 15) is 18.0 Å². The van der Waals surface area contributed by atoms with Crippen LogP contribution in [0.4, 0.5) is 13.2 Å². The Morgan fingerprint density at radius 1 is 1.27 bits per heavy atom. The molecule has 0 aliphatic rings. The lowest BCUT2D eigenvalue weighted by Gasteiger charge is -2.06. The summed E-state index contributed by atoms with van der Waals surface area (Å²) in [4.78, 5) is 14.8. The minimum Gasteiger partial charge on any atom is -0.370 e. The predicted molar refractivity (Wildman–Crippen MR) is 45.8 cm³/mol. The lowest BCUT2D eigenvalue weighted by Crippen LogP contribution is -2.12. The van der Waals surface area contributed by atoms with Gasteiger partial charge in [0.1, 0.15) is 0 Å². The van der Waals surface area contributed by atoms with Gasteiger partial charge in [0.25, 0.3) is 0 Å². The summed E-state index contributed by atoms with van der Waals surface area (Å²) < 4.78 is 35.9. The summed E-state index contributed by atoms with van der Waals surface area (Å²) in [5, 5.41) is 0. The Balaban J connectivity index is 2.77. The molecule has 0 aromatic heterocycles. The number of nitrogens with two attached hydrogens (primary N) is 1. The Bertz CT molecular complexity index is 345. The first-order chi connectivity index (χ1) is 6.92. The van der Waals surface area contributed by atoms with Crippen molar-refractivity contribution in [1.29, 1.82) is 0 Å². The first-order valence-corrected chi connectivity index (χ1v) is 3.99. The largest absolute Gasteiger partial charge is 0.393 e. The first-order valence-electron chi connectivity index (χ1n) is 3.99. The summed E-state index contributed by atoms with van der Waals surface area (Å²) in [6, 6.07) is 4.88. The van der Waals surface area contributed by atoms with E-state index in [-0.39, 0.29) is 11.1 Å². The maximum Gasteiger partial charge on any atom is 0.393 e. The molecule has 3 nitrogen and oxygen atoms in total. The van der Waals surface area contributed by atoms with E-state index in [2.05, 4.69) is 10.7 Å². The smallest absolute Gasteiger partial charge is 0.370 e. The van der Waals surface area contributed by atoms with Gasteiger partial charge in [0.2, 0.25) is 0 Å². The molecular formula is C9H8F3NO2. The van der Waals surface area contributed by atoms with Crippen LogP contribution in [0.2, 0.25) is 0 Å². The Morgan fingerprint density at radius 3 is 2.20 bits per heavy atom. The summed E-state index contributed by atoms with van der Waals surface area (Å²) in [5.41, 5.74) is 0.194. The molecule has 1 aromatic rings. The Hall–Kier alpha value is -1.56. The minimum absolute atomic E-state index is 0.0797. The van der Waals surface area contributed by atoms with Gasteiger partial charge in [-0.1, -0.05) is 12.1 Å². The predicted octanol–water partition coefficient (Wildman–Crippen LogP) is 1.82. The second kappa shape index (κ2) is 4.31. The summed E-state index contributed by atoms with van der Waals surface area (Å²) in [6.07, 6.45) is -5.28. The highest BCUT2D eigenvalue weighted by molar-refractivity contribution is 5.89. The molecule has 0 radical (unpaired) electrons. The van der Waals surface area contributed by atoms with Crippen molar-refractivity contribution in [3.63, 3.8) is 0 Å². The highest BCUT2D eigenvalue weighted by Gasteiger charge is 2.27. The topological polar surface area (TPSA) is 52.3 Å². The lowest BCUT2D eigenvalue weighted by atomic mass is 10.1. The van der Waals surface area contributed by atoms with Crippen molar-refractivity contribution in [3.05, 3.63) is 35.4 Å². The first kappa shape index (κ1) is 11.5. The number of alkyl halides is 3. The number of hydrogen-bond donors (Lipinski definition) is 1. The maximum atomic E-state index is 12.0. The van der Waals surface area contributed by atoms with Gasteiger partial charge in [-0.05, 0) is 17.7 Å². The molecule has 0 aliphatic heterocycles. The number of carbonyl (C=O) groups excluding carboxylic acids is 1. The van der Waals surface area contributed by atoms with Gasteiger partial charge in [0.05, 0.1) is 12.0 Å². The van der Waals surface area contributed by atoms with E-state index in [0.29, 0.717) is 0 Å². The number of rotatable bonds is 2. The highest BCUT2D eigenvalue weighted by atomic mass is 19.4. The van der Waals surface area contributed by atoms with E-state index in [1.165, 1.54) is 24.3 Å². The zero-order chi connectivity index (χ0) is 11.5. The molecule has 15 heavy (non-hydrogen) atoms. The van der Waals surface area contributed by atoms with Crippen molar-refractivity contribution in [2.24, 2.45) is 5.90 Å². The monoisotopic (exact) mass is 219 g/mol. The molecule has 6 heteroatoms. The molecule has 0 spiro atoms. The fraction of sp³-hybridized carbons (Fsp3) is 0.222. The Labute approximate surface area is 83.6 Å². The fourth-order valence-corrected chi connectivity index (χ4v) is 1.06. The average Bonchev–Trinajstić information content (AvgIpc) is 2.15. The quantitative estimate of drug-likeness (QED) is 0.772. The van der Waals surface area contributed by atoms with Crippen molar-refractivity contribution in [2.45, 2.75) is 12.6 Å². The average molecular weight is 219 g/mol. The van der Waals surface area contributed by atoms with E-state index >= 15 is 0 Å². The Kier molecular flexibility index (Phi) is 3.31. The third-order valence-electron chi connectivity index (χ3n) is 1.70. The highest BCUT2D eigenvalue weighted by Crippen LogP contribution is 2.21. The van der Waals surface area contributed by atoms with Crippen LogP contribution in [0, 0.1) is 0 Å². The molecule has 0 saturated carbocycles. The summed E-state index contributed by atoms with van der Waals surface area (Å²) in [7, 11) is 0. The van der Waals surface area contributed by atoms with Crippen molar-refractivity contribution < 1.29 is 22.8 Å². The standard InChI is InChI=1S/C9H8F3NO2/c10-9(11,12)5-6-1-3-7(4-2-6)8(14)15-13/h1-4H,5,13H2. The van der Waals surface area contributed by atoms with Crippen LogP contribution in [0.5, 0.6) is 0 Å². The summed E-state index contributed by atoms with van der Waals surface area (Å²) >= 11 is 0. The third-order valence-corrected chi connectivity index (χ3v) is 1.70. The SMILES string of the molecule is NOC(=O)c1ccc(CC(F)(F)F)cc1. The third kappa shape index (κ3) is 3.59. The van der Waals surface area contributed by atoms with Crippen molar-refractivity contribution in [2.75, 3.05) is 0 Å². The molecule has 0 heterocycles. The van der Waals surface area contributed by atoms with Crippen LogP contribution in [0.3, 0.4) is 0 Å². The molecule has 0 atom stereocenters. The van der Waals surface area contributed by atoms with Crippen LogP contribution < -0.4 is 5.90 Å². The van der Waals surface area contributed by atoms with E-state index in [1.807, 2.05) is 0 Å². The van der Waals surface area contributed by atoms with Crippen LogP contribution in [0.1, 0.15) is 15.9 Å².